The van der Waals surface area contributed by atoms with Gasteiger partial charge in [-0.3, -0.25) is 9.78 Å². The van der Waals surface area contributed by atoms with Crippen LogP contribution in [-0.4, -0.2) is 18.4 Å². The molecule has 118 valence electrons. The summed E-state index contributed by atoms with van der Waals surface area (Å²) in [6.07, 6.45) is 0. The van der Waals surface area contributed by atoms with Crippen LogP contribution in [0.3, 0.4) is 0 Å². The smallest absolute Gasteiger partial charge is 0.339 e. The van der Waals surface area contributed by atoms with Gasteiger partial charge < -0.3 is 9.17 Å². The highest BCUT2D eigenvalue weighted by molar-refractivity contribution is 7.87. The third kappa shape index (κ3) is 3.02. The molecule has 0 fully saturated rings. The van der Waals surface area contributed by atoms with E-state index in [4.69, 9.17) is 4.18 Å². The van der Waals surface area contributed by atoms with Gasteiger partial charge in [-0.1, -0.05) is 17.7 Å². The summed E-state index contributed by atoms with van der Waals surface area (Å²) < 4.78 is 29.6. The lowest BCUT2D eigenvalue weighted by molar-refractivity contribution is 0.486. The third-order valence-corrected chi connectivity index (χ3v) is 4.47. The standard InChI is InChI=1S/C15H12N2O5S/c1-9-2-4-10(5-3-9)22-23(20,21)11-6-7-13-12(8-11)14(18)17-15(19)16-13/h2-8H,1H3,(H2,16,17,18,19). The Kier molecular flexibility index (Phi) is 3.53. The Labute approximate surface area is 130 Å². The van der Waals surface area contributed by atoms with E-state index in [2.05, 4.69) is 4.98 Å². The van der Waals surface area contributed by atoms with Gasteiger partial charge in [-0.25, -0.2) is 4.79 Å². The summed E-state index contributed by atoms with van der Waals surface area (Å²) in [6.45, 7) is 1.87. The van der Waals surface area contributed by atoms with Crippen molar-refractivity contribution in [3.63, 3.8) is 0 Å². The Morgan fingerprint density at radius 2 is 1.65 bits per heavy atom. The number of aromatic nitrogens is 2. The molecule has 0 atom stereocenters. The maximum atomic E-state index is 12.3. The molecule has 2 N–H and O–H groups in total. The minimum absolute atomic E-state index is 0.0539. The van der Waals surface area contributed by atoms with Gasteiger partial charge in [-0.2, -0.15) is 8.42 Å². The number of hydrogen-bond donors (Lipinski definition) is 2. The average molecular weight is 332 g/mol. The molecule has 3 rings (SSSR count). The molecular weight excluding hydrogens is 320 g/mol. The zero-order chi connectivity index (χ0) is 16.6. The second kappa shape index (κ2) is 5.40. The van der Waals surface area contributed by atoms with E-state index >= 15 is 0 Å². The molecule has 0 unspecified atom stereocenters. The van der Waals surface area contributed by atoms with Crippen LogP contribution in [0.4, 0.5) is 0 Å². The molecule has 1 heterocycles. The summed E-state index contributed by atoms with van der Waals surface area (Å²) in [5.74, 6) is 0.172. The quantitative estimate of drug-likeness (QED) is 0.703. The van der Waals surface area contributed by atoms with Crippen LogP contribution < -0.4 is 15.4 Å². The van der Waals surface area contributed by atoms with Crippen molar-refractivity contribution in [1.29, 1.82) is 0 Å². The number of hydrogen-bond acceptors (Lipinski definition) is 5. The van der Waals surface area contributed by atoms with Crippen LogP contribution >= 0.6 is 0 Å². The maximum Gasteiger partial charge on any atom is 0.339 e. The molecule has 8 heteroatoms. The van der Waals surface area contributed by atoms with Crippen LogP contribution in [0.25, 0.3) is 10.9 Å². The third-order valence-electron chi connectivity index (χ3n) is 3.23. The lowest BCUT2D eigenvalue weighted by atomic mass is 10.2. The Morgan fingerprint density at radius 3 is 2.35 bits per heavy atom. The minimum atomic E-state index is -4.09. The van der Waals surface area contributed by atoms with Crippen molar-refractivity contribution >= 4 is 21.0 Å². The fourth-order valence-corrected chi connectivity index (χ4v) is 3.03. The molecular formula is C15H12N2O5S. The molecule has 0 spiro atoms. The Hall–Kier alpha value is -2.87. The van der Waals surface area contributed by atoms with E-state index in [0.29, 0.717) is 0 Å². The van der Waals surface area contributed by atoms with Gasteiger partial charge in [0.2, 0.25) is 0 Å². The first kappa shape index (κ1) is 15.0. The van der Waals surface area contributed by atoms with Crippen LogP contribution in [0.1, 0.15) is 5.56 Å². The van der Waals surface area contributed by atoms with Gasteiger partial charge in [0.25, 0.3) is 5.56 Å². The Morgan fingerprint density at radius 1 is 0.957 bits per heavy atom. The van der Waals surface area contributed by atoms with Crippen molar-refractivity contribution in [3.05, 3.63) is 68.9 Å². The summed E-state index contributed by atoms with van der Waals surface area (Å²) in [5, 5.41) is 0.0539. The molecule has 0 bridgehead atoms. The minimum Gasteiger partial charge on any atom is -0.379 e. The summed E-state index contributed by atoms with van der Waals surface area (Å²) in [7, 11) is -4.09. The SMILES string of the molecule is Cc1ccc(OS(=O)(=O)c2ccc3[nH]c(=O)[nH]c(=O)c3c2)cc1. The number of aromatic amines is 2. The summed E-state index contributed by atoms with van der Waals surface area (Å²) in [4.78, 5) is 27.3. The first-order valence-corrected chi connectivity index (χ1v) is 8.03. The average Bonchev–Trinajstić information content (AvgIpc) is 2.49. The summed E-state index contributed by atoms with van der Waals surface area (Å²) in [6, 6.07) is 10.3. The highest BCUT2D eigenvalue weighted by Gasteiger charge is 2.18. The van der Waals surface area contributed by atoms with Gasteiger partial charge in [-0.15, -0.1) is 0 Å². The predicted octanol–water partition coefficient (Wildman–Crippen LogP) is 1.29. The molecule has 2 aromatic carbocycles. The topological polar surface area (TPSA) is 109 Å². The van der Waals surface area contributed by atoms with Gasteiger partial charge in [0.05, 0.1) is 10.9 Å². The predicted molar refractivity (Wildman–Crippen MR) is 84.2 cm³/mol. The fourth-order valence-electron chi connectivity index (χ4n) is 2.07. The Bertz CT molecular complexity index is 1100. The van der Waals surface area contributed by atoms with Crippen molar-refractivity contribution in [3.8, 4) is 5.75 Å². The van der Waals surface area contributed by atoms with Crippen molar-refractivity contribution in [2.24, 2.45) is 0 Å². The van der Waals surface area contributed by atoms with E-state index < -0.39 is 21.4 Å². The summed E-state index contributed by atoms with van der Waals surface area (Å²) in [5.41, 5.74) is -0.117. The molecule has 1 aromatic heterocycles. The first-order chi connectivity index (χ1) is 10.8. The molecule has 0 aliphatic rings. The molecule has 3 aromatic rings. The number of rotatable bonds is 3. The zero-order valence-electron chi connectivity index (χ0n) is 12.0. The monoisotopic (exact) mass is 332 g/mol. The van der Waals surface area contributed by atoms with Crippen LogP contribution in [0, 0.1) is 6.92 Å². The van der Waals surface area contributed by atoms with E-state index in [0.717, 1.165) is 11.6 Å². The van der Waals surface area contributed by atoms with E-state index in [1.54, 1.807) is 12.1 Å². The number of fused-ring (bicyclic) bond motifs is 1. The second-order valence-corrected chi connectivity index (χ2v) is 6.51. The van der Waals surface area contributed by atoms with Crippen molar-refractivity contribution in [2.45, 2.75) is 11.8 Å². The number of nitrogens with one attached hydrogen (secondary N) is 2. The molecule has 23 heavy (non-hydrogen) atoms. The van der Waals surface area contributed by atoms with Crippen LogP contribution in [0.15, 0.2) is 56.9 Å². The van der Waals surface area contributed by atoms with Crippen LogP contribution in [0.2, 0.25) is 0 Å². The number of aryl methyl sites for hydroxylation is 1. The molecule has 7 nitrogen and oxygen atoms in total. The number of benzene rings is 2. The van der Waals surface area contributed by atoms with Gasteiger partial charge >= 0.3 is 15.8 Å². The highest BCUT2D eigenvalue weighted by atomic mass is 32.2. The molecule has 0 amide bonds. The lowest BCUT2D eigenvalue weighted by Gasteiger charge is -2.08. The van der Waals surface area contributed by atoms with Gasteiger partial charge in [0.15, 0.2) is 0 Å². The van der Waals surface area contributed by atoms with Gasteiger partial charge in [0.1, 0.15) is 10.6 Å². The molecule has 0 radical (unpaired) electrons. The normalized spacial score (nSPS) is 11.5. The highest BCUT2D eigenvalue weighted by Crippen LogP contribution is 2.20. The largest absolute Gasteiger partial charge is 0.379 e. The Balaban J connectivity index is 2.06. The molecule has 0 saturated carbocycles. The molecule has 0 saturated heterocycles. The summed E-state index contributed by atoms with van der Waals surface area (Å²) >= 11 is 0. The van der Waals surface area contributed by atoms with E-state index in [1.807, 2.05) is 11.9 Å². The van der Waals surface area contributed by atoms with E-state index in [9.17, 15) is 18.0 Å². The first-order valence-electron chi connectivity index (χ1n) is 6.63. The van der Waals surface area contributed by atoms with E-state index in [1.165, 1.54) is 24.3 Å². The lowest BCUT2D eigenvalue weighted by Crippen LogP contribution is -2.22. The molecule has 0 aliphatic carbocycles. The van der Waals surface area contributed by atoms with Crippen molar-refractivity contribution < 1.29 is 12.6 Å². The van der Waals surface area contributed by atoms with E-state index in [-0.39, 0.29) is 21.5 Å². The van der Waals surface area contributed by atoms with Crippen LogP contribution in [0.5, 0.6) is 5.75 Å². The number of H-pyrrole nitrogens is 2. The van der Waals surface area contributed by atoms with Crippen LogP contribution in [-0.2, 0) is 10.1 Å². The van der Waals surface area contributed by atoms with Crippen molar-refractivity contribution in [1.82, 2.24) is 9.97 Å². The molecule has 0 aliphatic heterocycles. The second-order valence-electron chi connectivity index (χ2n) is 4.97. The maximum absolute atomic E-state index is 12.3. The zero-order valence-corrected chi connectivity index (χ0v) is 12.8. The van der Waals surface area contributed by atoms with Gasteiger partial charge in [-0.05, 0) is 37.3 Å². The van der Waals surface area contributed by atoms with Gasteiger partial charge in [0, 0.05) is 0 Å². The fraction of sp³-hybridized carbons (Fsp3) is 0.0667. The van der Waals surface area contributed by atoms with Crippen molar-refractivity contribution in [2.75, 3.05) is 0 Å².